The number of anilines is 1. The van der Waals surface area contributed by atoms with Crippen molar-refractivity contribution in [3.63, 3.8) is 0 Å². The number of hydrogen-bond donors (Lipinski definition) is 1. The second-order valence-electron chi connectivity index (χ2n) is 4.04. The van der Waals surface area contributed by atoms with Crippen molar-refractivity contribution in [2.24, 2.45) is 0 Å². The van der Waals surface area contributed by atoms with Crippen LogP contribution in [0.25, 0.3) is 0 Å². The van der Waals surface area contributed by atoms with Crippen LogP contribution in [-0.4, -0.2) is 43.5 Å². The first kappa shape index (κ1) is 15.2. The molecule has 0 unspecified atom stereocenters. The van der Waals surface area contributed by atoms with Crippen molar-refractivity contribution in [3.8, 4) is 0 Å². The van der Waals surface area contributed by atoms with Crippen molar-refractivity contribution in [1.29, 1.82) is 0 Å². The van der Waals surface area contributed by atoms with Crippen molar-refractivity contribution in [3.05, 3.63) is 29.8 Å². The summed E-state index contributed by atoms with van der Waals surface area (Å²) in [6.07, 6.45) is 0. The molecule has 0 saturated heterocycles. The Morgan fingerprint density at radius 2 is 1.95 bits per heavy atom. The lowest BCUT2D eigenvalue weighted by Crippen LogP contribution is -2.30. The number of benzene rings is 1. The minimum Gasteiger partial charge on any atom is -0.375 e. The predicted molar refractivity (Wildman–Crippen MR) is 74.2 cm³/mol. The summed E-state index contributed by atoms with van der Waals surface area (Å²) in [5.41, 5.74) is 1.17. The molecule has 0 aliphatic carbocycles. The number of amides is 2. The van der Waals surface area contributed by atoms with Gasteiger partial charge in [-0.2, -0.15) is 0 Å². The Hall–Kier alpha value is -1.88. The molecule has 0 aliphatic heterocycles. The minimum absolute atomic E-state index is 0.00574. The van der Waals surface area contributed by atoms with Crippen molar-refractivity contribution in [1.82, 2.24) is 4.90 Å². The van der Waals surface area contributed by atoms with Gasteiger partial charge in [0, 0.05) is 31.5 Å². The molecular weight excluding hydrogens is 244 g/mol. The molecule has 0 aliphatic rings. The topological polar surface area (TPSA) is 58.6 Å². The summed E-state index contributed by atoms with van der Waals surface area (Å²) in [6, 6.07) is 6.91. The Balaban J connectivity index is 2.82. The van der Waals surface area contributed by atoms with E-state index in [1.807, 2.05) is 13.8 Å². The first-order valence-electron chi connectivity index (χ1n) is 6.30. The van der Waals surface area contributed by atoms with Crippen molar-refractivity contribution in [2.75, 3.05) is 32.1 Å². The molecule has 0 bridgehead atoms. The highest BCUT2D eigenvalue weighted by molar-refractivity contribution is 5.97. The van der Waals surface area contributed by atoms with Crippen LogP contribution in [0.4, 0.5) is 5.69 Å². The van der Waals surface area contributed by atoms with Crippen LogP contribution in [0.2, 0.25) is 0 Å². The van der Waals surface area contributed by atoms with E-state index in [-0.39, 0.29) is 18.4 Å². The van der Waals surface area contributed by atoms with Crippen LogP contribution >= 0.6 is 0 Å². The summed E-state index contributed by atoms with van der Waals surface area (Å²) in [5.74, 6) is -0.275. The lowest BCUT2D eigenvalue weighted by molar-refractivity contribution is -0.119. The molecule has 2 amide bonds. The van der Waals surface area contributed by atoms with Crippen LogP contribution in [0.5, 0.6) is 0 Å². The van der Waals surface area contributed by atoms with Crippen LogP contribution in [0, 0.1) is 0 Å². The van der Waals surface area contributed by atoms with Gasteiger partial charge in [0.15, 0.2) is 0 Å². The largest absolute Gasteiger partial charge is 0.375 e. The van der Waals surface area contributed by atoms with E-state index in [2.05, 4.69) is 5.32 Å². The predicted octanol–water partition coefficient (Wildman–Crippen LogP) is 1.75. The Bertz CT molecular complexity index is 442. The van der Waals surface area contributed by atoms with E-state index < -0.39 is 0 Å². The van der Waals surface area contributed by atoms with E-state index in [9.17, 15) is 9.59 Å². The summed E-state index contributed by atoms with van der Waals surface area (Å²) >= 11 is 0. The summed E-state index contributed by atoms with van der Waals surface area (Å²) < 4.78 is 4.74. The van der Waals surface area contributed by atoms with E-state index in [0.29, 0.717) is 24.3 Å². The zero-order valence-electron chi connectivity index (χ0n) is 11.6. The van der Waals surface area contributed by atoms with Crippen LogP contribution in [0.15, 0.2) is 24.3 Å². The van der Waals surface area contributed by atoms with Gasteiger partial charge in [0.1, 0.15) is 6.61 Å². The molecule has 1 rings (SSSR count). The normalized spacial score (nSPS) is 10.1. The second-order valence-corrected chi connectivity index (χ2v) is 4.04. The number of rotatable bonds is 6. The molecule has 1 N–H and O–H groups in total. The average Bonchev–Trinajstić information content (AvgIpc) is 2.40. The molecule has 5 heteroatoms. The Kier molecular flexibility index (Phi) is 6.02. The smallest absolute Gasteiger partial charge is 0.253 e. The zero-order valence-corrected chi connectivity index (χ0v) is 11.6. The number of carbonyl (C=O) groups is 2. The molecule has 5 nitrogen and oxygen atoms in total. The lowest BCUT2D eigenvalue weighted by atomic mass is 10.1. The third-order valence-corrected chi connectivity index (χ3v) is 2.72. The first-order chi connectivity index (χ1) is 9.12. The van der Waals surface area contributed by atoms with Gasteiger partial charge in [0.25, 0.3) is 5.91 Å². The molecule has 0 heterocycles. The zero-order chi connectivity index (χ0) is 14.3. The maximum absolute atomic E-state index is 12.2. The highest BCUT2D eigenvalue weighted by Gasteiger charge is 2.13. The molecule has 104 valence electrons. The SMILES string of the molecule is CCN(CC)C(=O)c1cccc(NC(=O)COC)c1. The van der Waals surface area contributed by atoms with Gasteiger partial charge in [0.2, 0.25) is 5.91 Å². The Morgan fingerprint density at radius 1 is 1.26 bits per heavy atom. The second kappa shape index (κ2) is 7.53. The van der Waals surface area contributed by atoms with E-state index in [4.69, 9.17) is 4.74 Å². The van der Waals surface area contributed by atoms with Gasteiger partial charge in [0.05, 0.1) is 0 Å². The van der Waals surface area contributed by atoms with Crippen molar-refractivity contribution < 1.29 is 14.3 Å². The van der Waals surface area contributed by atoms with E-state index in [1.54, 1.807) is 29.2 Å². The van der Waals surface area contributed by atoms with Gasteiger partial charge in [-0.1, -0.05) is 6.07 Å². The van der Waals surface area contributed by atoms with Crippen LogP contribution in [0.1, 0.15) is 24.2 Å². The van der Waals surface area contributed by atoms with Crippen LogP contribution in [-0.2, 0) is 9.53 Å². The fraction of sp³-hybridized carbons (Fsp3) is 0.429. The van der Waals surface area contributed by atoms with Gasteiger partial charge in [-0.3, -0.25) is 9.59 Å². The fourth-order valence-corrected chi connectivity index (χ4v) is 1.75. The highest BCUT2D eigenvalue weighted by Crippen LogP contribution is 2.12. The maximum atomic E-state index is 12.2. The number of hydrogen-bond acceptors (Lipinski definition) is 3. The number of carbonyl (C=O) groups excluding carboxylic acids is 2. The maximum Gasteiger partial charge on any atom is 0.253 e. The van der Waals surface area contributed by atoms with Gasteiger partial charge >= 0.3 is 0 Å². The molecular formula is C14H20N2O3. The van der Waals surface area contributed by atoms with Gasteiger partial charge in [-0.25, -0.2) is 0 Å². The molecule has 1 aromatic carbocycles. The molecule has 0 fully saturated rings. The summed E-state index contributed by atoms with van der Waals surface area (Å²) in [5, 5.41) is 2.68. The molecule has 0 saturated carbocycles. The molecule has 0 aromatic heterocycles. The summed E-state index contributed by atoms with van der Waals surface area (Å²) in [4.78, 5) is 25.3. The number of methoxy groups -OCH3 is 1. The molecule has 0 radical (unpaired) electrons. The van der Waals surface area contributed by atoms with Gasteiger partial charge in [-0.05, 0) is 32.0 Å². The lowest BCUT2D eigenvalue weighted by Gasteiger charge is -2.19. The summed E-state index contributed by atoms with van der Waals surface area (Å²) in [6.45, 7) is 5.19. The fourth-order valence-electron chi connectivity index (χ4n) is 1.75. The Labute approximate surface area is 113 Å². The number of nitrogens with zero attached hydrogens (tertiary/aromatic N) is 1. The standard InChI is InChI=1S/C14H20N2O3/c1-4-16(5-2)14(18)11-7-6-8-12(9-11)15-13(17)10-19-3/h6-9H,4-5,10H2,1-3H3,(H,15,17). The Morgan fingerprint density at radius 3 is 2.53 bits per heavy atom. The molecule has 19 heavy (non-hydrogen) atoms. The third-order valence-electron chi connectivity index (χ3n) is 2.72. The van der Waals surface area contributed by atoms with E-state index in [0.717, 1.165) is 0 Å². The van der Waals surface area contributed by atoms with Crippen molar-refractivity contribution >= 4 is 17.5 Å². The summed E-state index contributed by atoms with van der Waals surface area (Å²) in [7, 11) is 1.46. The van der Waals surface area contributed by atoms with E-state index >= 15 is 0 Å². The highest BCUT2D eigenvalue weighted by atomic mass is 16.5. The average molecular weight is 264 g/mol. The van der Waals surface area contributed by atoms with Gasteiger partial charge in [-0.15, -0.1) is 0 Å². The van der Waals surface area contributed by atoms with Crippen molar-refractivity contribution in [2.45, 2.75) is 13.8 Å². The van der Waals surface area contributed by atoms with E-state index in [1.165, 1.54) is 7.11 Å². The number of nitrogens with one attached hydrogen (secondary N) is 1. The van der Waals surface area contributed by atoms with Crippen LogP contribution in [0.3, 0.4) is 0 Å². The first-order valence-corrected chi connectivity index (χ1v) is 6.30. The van der Waals surface area contributed by atoms with Gasteiger partial charge < -0.3 is 15.0 Å². The number of ether oxygens (including phenoxy) is 1. The third kappa shape index (κ3) is 4.37. The molecule has 0 spiro atoms. The molecule has 0 atom stereocenters. The quantitative estimate of drug-likeness (QED) is 0.851. The van der Waals surface area contributed by atoms with Crippen LogP contribution < -0.4 is 5.32 Å². The monoisotopic (exact) mass is 264 g/mol. The molecule has 1 aromatic rings. The minimum atomic E-state index is -0.241.